The van der Waals surface area contributed by atoms with Crippen molar-refractivity contribution in [3.63, 3.8) is 0 Å². The van der Waals surface area contributed by atoms with Crippen molar-refractivity contribution in [2.24, 2.45) is 0 Å². The average Bonchev–Trinajstić information content (AvgIpc) is 2.39. The highest BCUT2D eigenvalue weighted by atomic mass is 35.5. The second-order valence-electron chi connectivity index (χ2n) is 5.20. The van der Waals surface area contributed by atoms with Gasteiger partial charge in [0.15, 0.2) is 0 Å². The molecule has 0 atom stereocenters. The van der Waals surface area contributed by atoms with Crippen molar-refractivity contribution in [3.8, 4) is 0 Å². The molecule has 2 rings (SSSR count). The van der Waals surface area contributed by atoms with Gasteiger partial charge in [-0.05, 0) is 43.9 Å². The van der Waals surface area contributed by atoms with Crippen LogP contribution < -0.4 is 0 Å². The number of benzene rings is 1. The first kappa shape index (κ1) is 16.1. The van der Waals surface area contributed by atoms with Crippen LogP contribution in [0.4, 0.5) is 13.2 Å². The lowest BCUT2D eigenvalue weighted by Gasteiger charge is -2.37. The Bertz CT molecular complexity index is 500. The quantitative estimate of drug-likeness (QED) is 0.740. The highest BCUT2D eigenvalue weighted by Gasteiger charge is 2.33. The number of carbonyl (C=O) groups excluding carboxylic acids is 1. The van der Waals surface area contributed by atoms with Gasteiger partial charge in [0.25, 0.3) is 5.91 Å². The van der Waals surface area contributed by atoms with E-state index in [9.17, 15) is 18.0 Å². The third-order valence-corrected chi connectivity index (χ3v) is 4.01. The Balaban J connectivity index is 2.19. The van der Waals surface area contributed by atoms with Crippen molar-refractivity contribution in [1.82, 2.24) is 4.90 Å². The zero-order chi connectivity index (χ0) is 15.5. The minimum Gasteiger partial charge on any atom is -0.336 e. The molecule has 0 unspecified atom stereocenters. The minimum absolute atomic E-state index is 0.0892. The van der Waals surface area contributed by atoms with Crippen LogP contribution in [0.15, 0.2) is 24.3 Å². The van der Waals surface area contributed by atoms with Crippen molar-refractivity contribution >= 4 is 17.5 Å². The van der Waals surface area contributed by atoms with E-state index in [1.807, 2.05) is 0 Å². The molecule has 21 heavy (non-hydrogen) atoms. The molecular weight excluding hydrogens is 303 g/mol. The fourth-order valence-corrected chi connectivity index (χ4v) is 2.49. The van der Waals surface area contributed by atoms with Crippen LogP contribution in [0.5, 0.6) is 0 Å². The van der Waals surface area contributed by atoms with Crippen molar-refractivity contribution in [2.75, 3.05) is 12.4 Å². The maximum absolute atomic E-state index is 12.7. The van der Waals surface area contributed by atoms with Crippen LogP contribution >= 0.6 is 11.6 Å². The van der Waals surface area contributed by atoms with E-state index >= 15 is 0 Å². The third-order valence-electron chi connectivity index (χ3n) is 3.75. The molecule has 1 fully saturated rings. The Labute approximate surface area is 126 Å². The van der Waals surface area contributed by atoms with E-state index in [4.69, 9.17) is 11.6 Å². The summed E-state index contributed by atoms with van der Waals surface area (Å²) in [6.45, 7) is 0.489. The largest absolute Gasteiger partial charge is 0.416 e. The highest BCUT2D eigenvalue weighted by molar-refractivity contribution is 6.17. The van der Waals surface area contributed by atoms with E-state index in [1.165, 1.54) is 12.1 Å². The van der Waals surface area contributed by atoms with Crippen molar-refractivity contribution < 1.29 is 18.0 Å². The molecule has 6 heteroatoms. The van der Waals surface area contributed by atoms with Gasteiger partial charge >= 0.3 is 6.18 Å². The van der Waals surface area contributed by atoms with Gasteiger partial charge in [-0.2, -0.15) is 13.2 Å². The fraction of sp³-hybridized carbons (Fsp3) is 0.533. The summed E-state index contributed by atoms with van der Waals surface area (Å²) in [5.74, 6) is 0.0925. The van der Waals surface area contributed by atoms with E-state index in [1.54, 1.807) is 4.90 Å². The third kappa shape index (κ3) is 3.90. The SMILES string of the molecule is O=C(c1cccc(C(F)(F)F)c1)N(CCCCl)C1CCC1. The first-order chi connectivity index (χ1) is 9.93. The number of amides is 1. The second-order valence-corrected chi connectivity index (χ2v) is 5.58. The Morgan fingerprint density at radius 3 is 2.57 bits per heavy atom. The minimum atomic E-state index is -4.44. The molecule has 0 radical (unpaired) electrons. The number of nitrogens with zero attached hydrogens (tertiary/aromatic N) is 1. The summed E-state index contributed by atoms with van der Waals surface area (Å²) in [6, 6.07) is 4.74. The predicted molar refractivity (Wildman–Crippen MR) is 75.5 cm³/mol. The van der Waals surface area contributed by atoms with E-state index in [-0.39, 0.29) is 17.5 Å². The smallest absolute Gasteiger partial charge is 0.336 e. The molecule has 1 aliphatic rings. The second kappa shape index (κ2) is 6.69. The molecule has 1 aromatic rings. The summed E-state index contributed by atoms with van der Waals surface area (Å²) in [6.07, 6.45) is -0.922. The van der Waals surface area contributed by atoms with Gasteiger partial charge in [-0.1, -0.05) is 6.07 Å². The number of rotatable bonds is 5. The van der Waals surface area contributed by atoms with Gasteiger partial charge in [0.2, 0.25) is 0 Å². The first-order valence-corrected chi connectivity index (χ1v) is 7.51. The fourth-order valence-electron chi connectivity index (χ4n) is 2.37. The molecule has 0 aromatic heterocycles. The van der Waals surface area contributed by atoms with Crippen molar-refractivity contribution in [2.45, 2.75) is 37.9 Å². The molecule has 2 nitrogen and oxygen atoms in total. The molecule has 0 heterocycles. The topological polar surface area (TPSA) is 20.3 Å². The number of halogens is 4. The molecule has 0 bridgehead atoms. The van der Waals surface area contributed by atoms with Gasteiger partial charge < -0.3 is 4.90 Å². The van der Waals surface area contributed by atoms with Crippen LogP contribution in [-0.2, 0) is 6.18 Å². The lowest BCUT2D eigenvalue weighted by atomic mass is 9.90. The Hall–Kier alpha value is -1.23. The van der Waals surface area contributed by atoms with Crippen molar-refractivity contribution in [1.29, 1.82) is 0 Å². The molecule has 0 saturated heterocycles. The standard InChI is InChI=1S/C15H17ClF3NO/c16-8-3-9-20(13-6-2-7-13)14(21)11-4-1-5-12(10-11)15(17,18)19/h1,4-5,10,13H,2-3,6-9H2. The summed E-state index contributed by atoms with van der Waals surface area (Å²) >= 11 is 5.66. The molecule has 0 spiro atoms. The number of carbonyl (C=O) groups is 1. The van der Waals surface area contributed by atoms with Crippen LogP contribution in [-0.4, -0.2) is 29.3 Å². The normalized spacial score (nSPS) is 15.6. The molecular formula is C15H17ClF3NO. The number of alkyl halides is 4. The maximum atomic E-state index is 12.7. The van der Waals surface area contributed by atoms with Gasteiger partial charge in [-0.25, -0.2) is 0 Å². The van der Waals surface area contributed by atoms with Gasteiger partial charge in [-0.3, -0.25) is 4.79 Å². The molecule has 1 saturated carbocycles. The first-order valence-electron chi connectivity index (χ1n) is 6.97. The molecule has 0 aliphatic heterocycles. The Morgan fingerprint density at radius 1 is 1.33 bits per heavy atom. The summed E-state index contributed by atoms with van der Waals surface area (Å²) in [5.41, 5.74) is -0.703. The lowest BCUT2D eigenvalue weighted by molar-refractivity contribution is -0.137. The monoisotopic (exact) mass is 319 g/mol. The van der Waals surface area contributed by atoms with Crippen LogP contribution in [0, 0.1) is 0 Å². The predicted octanol–water partition coefficient (Wildman–Crippen LogP) is 4.33. The molecule has 0 N–H and O–H groups in total. The summed E-state index contributed by atoms with van der Waals surface area (Å²) < 4.78 is 38.2. The lowest BCUT2D eigenvalue weighted by Crippen LogP contribution is -2.44. The Kier molecular flexibility index (Phi) is 5.14. The average molecular weight is 320 g/mol. The van der Waals surface area contributed by atoms with E-state index in [0.717, 1.165) is 31.4 Å². The number of hydrogen-bond acceptors (Lipinski definition) is 1. The molecule has 1 amide bonds. The van der Waals surface area contributed by atoms with E-state index in [0.29, 0.717) is 18.8 Å². The summed E-state index contributed by atoms with van der Waals surface area (Å²) in [7, 11) is 0. The van der Waals surface area contributed by atoms with Crippen LogP contribution in [0.2, 0.25) is 0 Å². The van der Waals surface area contributed by atoms with Crippen LogP contribution in [0.1, 0.15) is 41.6 Å². The van der Waals surface area contributed by atoms with Gasteiger partial charge in [0.05, 0.1) is 5.56 Å². The highest BCUT2D eigenvalue weighted by Crippen LogP contribution is 2.31. The molecule has 1 aromatic carbocycles. The number of hydrogen-bond donors (Lipinski definition) is 0. The zero-order valence-electron chi connectivity index (χ0n) is 11.5. The summed E-state index contributed by atoms with van der Waals surface area (Å²) in [4.78, 5) is 14.1. The maximum Gasteiger partial charge on any atom is 0.416 e. The zero-order valence-corrected chi connectivity index (χ0v) is 12.3. The van der Waals surface area contributed by atoms with Gasteiger partial charge in [-0.15, -0.1) is 11.6 Å². The Morgan fingerprint density at radius 2 is 2.05 bits per heavy atom. The van der Waals surface area contributed by atoms with Gasteiger partial charge in [0, 0.05) is 24.0 Å². The van der Waals surface area contributed by atoms with Gasteiger partial charge in [0.1, 0.15) is 0 Å². The van der Waals surface area contributed by atoms with E-state index < -0.39 is 11.7 Å². The van der Waals surface area contributed by atoms with E-state index in [2.05, 4.69) is 0 Å². The molecule has 1 aliphatic carbocycles. The van der Waals surface area contributed by atoms with Crippen LogP contribution in [0.3, 0.4) is 0 Å². The molecule has 116 valence electrons. The van der Waals surface area contributed by atoms with Crippen molar-refractivity contribution in [3.05, 3.63) is 35.4 Å². The van der Waals surface area contributed by atoms with Crippen LogP contribution in [0.25, 0.3) is 0 Å². The summed E-state index contributed by atoms with van der Waals surface area (Å²) in [5, 5.41) is 0.